The number of rotatable bonds is 3. The first-order valence-corrected chi connectivity index (χ1v) is 7.17. The Kier molecular flexibility index (Phi) is 4.28. The van der Waals surface area contributed by atoms with E-state index in [9.17, 15) is 0 Å². The van der Waals surface area contributed by atoms with Gasteiger partial charge in [0.1, 0.15) is 5.75 Å². The molecule has 1 aromatic rings. The van der Waals surface area contributed by atoms with Gasteiger partial charge in [-0.3, -0.25) is 0 Å². The third-order valence-electron chi connectivity index (χ3n) is 4.13. The summed E-state index contributed by atoms with van der Waals surface area (Å²) in [7, 11) is 0. The number of benzene rings is 1. The average molecular weight is 247 g/mol. The topological polar surface area (TPSA) is 35.2 Å². The van der Waals surface area contributed by atoms with Crippen LogP contribution in [0.15, 0.2) is 24.3 Å². The minimum atomic E-state index is -0.198. The Morgan fingerprint density at radius 1 is 1.28 bits per heavy atom. The van der Waals surface area contributed by atoms with Crippen molar-refractivity contribution in [1.82, 2.24) is 0 Å². The normalized spacial score (nSPS) is 28.7. The largest absolute Gasteiger partial charge is 0.494 e. The third-order valence-corrected chi connectivity index (χ3v) is 4.13. The molecule has 0 heterocycles. The predicted octanol–water partition coefficient (Wildman–Crippen LogP) is 3.84. The Balaban J connectivity index is 2.28. The summed E-state index contributed by atoms with van der Waals surface area (Å²) < 4.78 is 5.74. The van der Waals surface area contributed by atoms with E-state index in [0.717, 1.165) is 24.5 Å². The maximum atomic E-state index is 6.69. The summed E-state index contributed by atoms with van der Waals surface area (Å²) >= 11 is 0. The fourth-order valence-corrected chi connectivity index (χ4v) is 2.97. The van der Waals surface area contributed by atoms with Gasteiger partial charge in [-0.1, -0.05) is 38.0 Å². The fourth-order valence-electron chi connectivity index (χ4n) is 2.97. The molecule has 1 aromatic carbocycles. The van der Waals surface area contributed by atoms with Gasteiger partial charge in [0.15, 0.2) is 0 Å². The summed E-state index contributed by atoms with van der Waals surface area (Å²) in [5.41, 5.74) is 7.69. The summed E-state index contributed by atoms with van der Waals surface area (Å²) in [6.07, 6.45) is 5.88. The lowest BCUT2D eigenvalue weighted by molar-refractivity contribution is 0.310. The zero-order valence-corrected chi connectivity index (χ0v) is 11.6. The van der Waals surface area contributed by atoms with E-state index in [1.807, 2.05) is 19.1 Å². The standard InChI is InChI=1S/C16H25NO/c1-3-18-15-9-5-4-8-14(15)16(17)11-6-7-13(2)10-12-16/h4-5,8-9,13H,3,6-7,10-12,17H2,1-2H3. The Morgan fingerprint density at radius 2 is 2.06 bits per heavy atom. The molecule has 1 aliphatic carbocycles. The van der Waals surface area contributed by atoms with Gasteiger partial charge in [0.05, 0.1) is 6.61 Å². The molecule has 0 bridgehead atoms. The van der Waals surface area contributed by atoms with Crippen LogP contribution in [0, 0.1) is 5.92 Å². The molecule has 1 aliphatic rings. The Labute approximate surface area is 111 Å². The fraction of sp³-hybridized carbons (Fsp3) is 0.625. The minimum absolute atomic E-state index is 0.198. The van der Waals surface area contributed by atoms with Crippen molar-refractivity contribution < 1.29 is 4.74 Å². The van der Waals surface area contributed by atoms with Crippen molar-refractivity contribution in [2.24, 2.45) is 11.7 Å². The summed E-state index contributed by atoms with van der Waals surface area (Å²) in [4.78, 5) is 0. The summed E-state index contributed by atoms with van der Waals surface area (Å²) in [6, 6.07) is 8.28. The van der Waals surface area contributed by atoms with Gasteiger partial charge < -0.3 is 10.5 Å². The van der Waals surface area contributed by atoms with E-state index in [-0.39, 0.29) is 5.54 Å². The Morgan fingerprint density at radius 3 is 2.83 bits per heavy atom. The molecule has 2 atom stereocenters. The molecule has 1 fully saturated rings. The predicted molar refractivity (Wildman–Crippen MR) is 75.7 cm³/mol. The van der Waals surface area contributed by atoms with E-state index < -0.39 is 0 Å². The van der Waals surface area contributed by atoms with E-state index in [1.54, 1.807) is 0 Å². The smallest absolute Gasteiger partial charge is 0.124 e. The molecule has 2 N–H and O–H groups in total. The quantitative estimate of drug-likeness (QED) is 0.824. The van der Waals surface area contributed by atoms with Crippen molar-refractivity contribution in [3.63, 3.8) is 0 Å². The molecule has 2 rings (SSSR count). The zero-order valence-electron chi connectivity index (χ0n) is 11.6. The molecule has 0 spiro atoms. The van der Waals surface area contributed by atoms with Crippen LogP contribution in [0.1, 0.15) is 51.5 Å². The number of para-hydroxylation sites is 1. The molecule has 0 radical (unpaired) electrons. The first-order chi connectivity index (χ1) is 8.65. The highest BCUT2D eigenvalue weighted by molar-refractivity contribution is 5.39. The number of nitrogens with two attached hydrogens (primary N) is 1. The van der Waals surface area contributed by atoms with E-state index in [2.05, 4.69) is 19.1 Å². The van der Waals surface area contributed by atoms with E-state index in [4.69, 9.17) is 10.5 Å². The lowest BCUT2D eigenvalue weighted by Crippen LogP contribution is -2.36. The number of hydrogen-bond acceptors (Lipinski definition) is 2. The average Bonchev–Trinajstić information content (AvgIpc) is 2.54. The van der Waals surface area contributed by atoms with Gasteiger partial charge in [-0.25, -0.2) is 0 Å². The second kappa shape index (κ2) is 5.75. The van der Waals surface area contributed by atoms with E-state index >= 15 is 0 Å². The van der Waals surface area contributed by atoms with E-state index in [1.165, 1.54) is 24.8 Å². The monoisotopic (exact) mass is 247 g/mol. The zero-order chi connectivity index (χ0) is 13.0. The first-order valence-electron chi connectivity index (χ1n) is 7.17. The second-order valence-electron chi connectivity index (χ2n) is 5.62. The van der Waals surface area contributed by atoms with E-state index in [0.29, 0.717) is 6.61 Å². The van der Waals surface area contributed by atoms with Gasteiger partial charge in [-0.15, -0.1) is 0 Å². The Bertz CT molecular complexity index is 390. The molecule has 2 nitrogen and oxygen atoms in total. The van der Waals surface area contributed by atoms with Crippen molar-refractivity contribution in [3.05, 3.63) is 29.8 Å². The molecule has 2 heteroatoms. The van der Waals surface area contributed by atoms with Crippen LogP contribution in [0.3, 0.4) is 0 Å². The summed E-state index contributed by atoms with van der Waals surface area (Å²) in [5, 5.41) is 0. The van der Waals surface area contributed by atoms with Crippen LogP contribution in [0.2, 0.25) is 0 Å². The van der Waals surface area contributed by atoms with Crippen LogP contribution >= 0.6 is 0 Å². The van der Waals surface area contributed by atoms with Crippen molar-refractivity contribution in [2.75, 3.05) is 6.61 Å². The van der Waals surface area contributed by atoms with Crippen LogP contribution in [0.4, 0.5) is 0 Å². The van der Waals surface area contributed by atoms with Crippen LogP contribution in [0.5, 0.6) is 5.75 Å². The lowest BCUT2D eigenvalue weighted by Gasteiger charge is -2.30. The van der Waals surface area contributed by atoms with Gasteiger partial charge in [0.25, 0.3) is 0 Å². The van der Waals surface area contributed by atoms with Crippen LogP contribution < -0.4 is 10.5 Å². The number of ether oxygens (including phenoxy) is 1. The SMILES string of the molecule is CCOc1ccccc1C1(N)CCCC(C)CC1. The molecule has 0 aromatic heterocycles. The molecular weight excluding hydrogens is 222 g/mol. The van der Waals surface area contributed by atoms with Crippen molar-refractivity contribution >= 4 is 0 Å². The molecule has 100 valence electrons. The Hall–Kier alpha value is -1.02. The maximum absolute atomic E-state index is 6.69. The molecular formula is C16H25NO. The molecule has 2 unspecified atom stereocenters. The highest BCUT2D eigenvalue weighted by Gasteiger charge is 2.32. The van der Waals surface area contributed by atoms with Crippen molar-refractivity contribution in [3.8, 4) is 5.75 Å². The first kappa shape index (κ1) is 13.4. The lowest BCUT2D eigenvalue weighted by atomic mass is 9.83. The van der Waals surface area contributed by atoms with Crippen molar-refractivity contribution in [2.45, 2.75) is 51.5 Å². The third kappa shape index (κ3) is 2.86. The molecule has 0 amide bonds. The molecule has 0 saturated heterocycles. The van der Waals surface area contributed by atoms with Crippen LogP contribution in [-0.2, 0) is 5.54 Å². The molecule has 1 saturated carbocycles. The second-order valence-corrected chi connectivity index (χ2v) is 5.62. The highest BCUT2D eigenvalue weighted by atomic mass is 16.5. The van der Waals surface area contributed by atoms with Gasteiger partial charge in [0.2, 0.25) is 0 Å². The minimum Gasteiger partial charge on any atom is -0.494 e. The van der Waals surface area contributed by atoms with Gasteiger partial charge in [-0.05, 0) is 38.2 Å². The van der Waals surface area contributed by atoms with Gasteiger partial charge in [0, 0.05) is 11.1 Å². The molecule has 0 aliphatic heterocycles. The van der Waals surface area contributed by atoms with Crippen LogP contribution in [-0.4, -0.2) is 6.61 Å². The molecule has 18 heavy (non-hydrogen) atoms. The van der Waals surface area contributed by atoms with Gasteiger partial charge in [-0.2, -0.15) is 0 Å². The highest BCUT2D eigenvalue weighted by Crippen LogP contribution is 2.39. The van der Waals surface area contributed by atoms with Crippen molar-refractivity contribution in [1.29, 1.82) is 0 Å². The number of hydrogen-bond donors (Lipinski definition) is 1. The maximum Gasteiger partial charge on any atom is 0.124 e. The van der Waals surface area contributed by atoms with Gasteiger partial charge >= 0.3 is 0 Å². The summed E-state index contributed by atoms with van der Waals surface area (Å²) in [5.74, 6) is 1.77. The summed E-state index contributed by atoms with van der Waals surface area (Å²) in [6.45, 7) is 5.05. The van der Waals surface area contributed by atoms with Crippen LogP contribution in [0.25, 0.3) is 0 Å².